The summed E-state index contributed by atoms with van der Waals surface area (Å²) in [5.74, 6) is 0.183. The van der Waals surface area contributed by atoms with E-state index in [4.69, 9.17) is 0 Å². The number of fused-ring (bicyclic) bond motifs is 1. The minimum Gasteiger partial charge on any atom is -0.477 e. The van der Waals surface area contributed by atoms with Crippen molar-refractivity contribution >= 4 is 11.7 Å². The number of nitrogens with one attached hydrogen (secondary N) is 1. The highest BCUT2D eigenvalue weighted by Crippen LogP contribution is 2.40. The van der Waals surface area contributed by atoms with Crippen molar-refractivity contribution in [3.05, 3.63) is 87.7 Å². The van der Waals surface area contributed by atoms with Gasteiger partial charge in [0.25, 0.3) is 5.56 Å². The van der Waals surface area contributed by atoms with E-state index < -0.39 is 11.5 Å². The van der Waals surface area contributed by atoms with E-state index in [0.717, 1.165) is 30.8 Å². The second-order valence-electron chi connectivity index (χ2n) is 10.3. The summed E-state index contributed by atoms with van der Waals surface area (Å²) in [6, 6.07) is 21.2. The lowest BCUT2D eigenvalue weighted by molar-refractivity contribution is 0.0695. The van der Waals surface area contributed by atoms with Crippen LogP contribution >= 0.6 is 0 Å². The number of hydrogen-bond acceptors (Lipinski definition) is 4. The number of aryl methyl sites for hydroxylation is 1. The predicted octanol–water partition coefficient (Wildman–Crippen LogP) is 5.04. The number of carboxylic acid groups (broad SMARTS) is 1. The second kappa shape index (κ2) is 10.3. The van der Waals surface area contributed by atoms with Gasteiger partial charge in [0.15, 0.2) is 0 Å². The number of carboxylic acids is 1. The van der Waals surface area contributed by atoms with Crippen molar-refractivity contribution in [3.63, 3.8) is 0 Å². The lowest BCUT2D eigenvalue weighted by Gasteiger charge is -2.39. The first-order valence-electron chi connectivity index (χ1n) is 13.0. The topological polar surface area (TPSA) is 76.6 Å². The molecule has 0 amide bonds. The molecule has 1 aliphatic heterocycles. The summed E-state index contributed by atoms with van der Waals surface area (Å²) in [5.41, 5.74) is 4.25. The quantitative estimate of drug-likeness (QED) is 0.490. The summed E-state index contributed by atoms with van der Waals surface area (Å²) >= 11 is 0. The lowest BCUT2D eigenvalue weighted by atomic mass is 9.77. The van der Waals surface area contributed by atoms with Gasteiger partial charge in [0.1, 0.15) is 5.56 Å². The Balaban J connectivity index is 1.32. The molecule has 188 valence electrons. The summed E-state index contributed by atoms with van der Waals surface area (Å²) in [6.45, 7) is 5.11. The Morgan fingerprint density at radius 1 is 1.08 bits per heavy atom. The highest BCUT2D eigenvalue weighted by atomic mass is 16.4. The number of H-pyrrole nitrogens is 1. The van der Waals surface area contributed by atoms with Gasteiger partial charge in [0.2, 0.25) is 0 Å². The molecule has 2 heterocycles. The Morgan fingerprint density at radius 3 is 2.53 bits per heavy atom. The first-order valence-corrected chi connectivity index (χ1v) is 13.0. The maximum atomic E-state index is 12.3. The molecule has 1 aromatic heterocycles. The van der Waals surface area contributed by atoms with E-state index in [9.17, 15) is 14.7 Å². The van der Waals surface area contributed by atoms with Crippen LogP contribution in [0.4, 0.5) is 5.69 Å². The van der Waals surface area contributed by atoms with Gasteiger partial charge in [-0.25, -0.2) is 4.79 Å². The van der Waals surface area contributed by atoms with Crippen LogP contribution in [-0.2, 0) is 13.0 Å². The minimum atomic E-state index is -1.20. The van der Waals surface area contributed by atoms with Crippen LogP contribution in [0.25, 0.3) is 11.3 Å². The normalized spacial score (nSPS) is 21.5. The maximum absolute atomic E-state index is 12.3. The number of benzene rings is 2. The Labute approximate surface area is 212 Å². The zero-order valence-corrected chi connectivity index (χ0v) is 21.1. The van der Waals surface area contributed by atoms with Crippen LogP contribution < -0.4 is 10.5 Å². The zero-order chi connectivity index (χ0) is 25.2. The number of carbonyl (C=O) groups is 1. The van der Waals surface area contributed by atoms with Crippen molar-refractivity contribution in [1.82, 2.24) is 9.88 Å². The second-order valence-corrected chi connectivity index (χ2v) is 10.3. The summed E-state index contributed by atoms with van der Waals surface area (Å²) in [5, 5.41) is 9.29. The van der Waals surface area contributed by atoms with E-state index in [2.05, 4.69) is 64.3 Å². The molecule has 3 aromatic rings. The van der Waals surface area contributed by atoms with E-state index in [1.807, 2.05) is 19.1 Å². The molecule has 6 heteroatoms. The fourth-order valence-electron chi connectivity index (χ4n) is 6.30. The Bertz CT molecular complexity index is 1270. The summed E-state index contributed by atoms with van der Waals surface area (Å²) < 4.78 is 0. The molecule has 6 nitrogen and oxygen atoms in total. The van der Waals surface area contributed by atoms with Gasteiger partial charge < -0.3 is 15.0 Å². The first kappa shape index (κ1) is 24.3. The predicted molar refractivity (Wildman–Crippen MR) is 144 cm³/mol. The van der Waals surface area contributed by atoms with Gasteiger partial charge in [-0.2, -0.15) is 0 Å². The Hall–Kier alpha value is -3.38. The average molecular weight is 486 g/mol. The molecule has 0 spiro atoms. The molecule has 1 unspecified atom stereocenters. The van der Waals surface area contributed by atoms with E-state index in [0.29, 0.717) is 30.0 Å². The fraction of sp³-hybridized carbons (Fsp3) is 0.400. The fourth-order valence-corrected chi connectivity index (χ4v) is 6.30. The van der Waals surface area contributed by atoms with E-state index in [-0.39, 0.29) is 5.56 Å². The maximum Gasteiger partial charge on any atom is 0.341 e. The number of anilines is 1. The molecule has 2 fully saturated rings. The third kappa shape index (κ3) is 4.82. The highest BCUT2D eigenvalue weighted by molar-refractivity contribution is 5.88. The SMILES string of the molecule is CCc1cc(C(=O)O)c(=O)[nH]c1-c1ccc(N2CC3[C@H](CCC[C@H]3N(C)Cc3ccccc3)C2)cc1. The van der Waals surface area contributed by atoms with Crippen molar-refractivity contribution in [3.8, 4) is 11.3 Å². The van der Waals surface area contributed by atoms with Crippen LogP contribution in [0.2, 0.25) is 0 Å². The smallest absolute Gasteiger partial charge is 0.341 e. The Morgan fingerprint density at radius 2 is 1.83 bits per heavy atom. The van der Waals surface area contributed by atoms with Gasteiger partial charge in [-0.15, -0.1) is 0 Å². The van der Waals surface area contributed by atoms with Gasteiger partial charge in [0, 0.05) is 31.4 Å². The summed E-state index contributed by atoms with van der Waals surface area (Å²) in [4.78, 5) is 31.5. The third-order valence-corrected chi connectivity index (χ3v) is 8.16. The number of aromatic nitrogens is 1. The van der Waals surface area contributed by atoms with Gasteiger partial charge in [-0.05, 0) is 73.0 Å². The van der Waals surface area contributed by atoms with E-state index in [1.54, 1.807) is 0 Å². The third-order valence-electron chi connectivity index (χ3n) is 8.16. The van der Waals surface area contributed by atoms with Gasteiger partial charge in [-0.1, -0.05) is 55.8 Å². The summed E-state index contributed by atoms with van der Waals surface area (Å²) in [7, 11) is 2.28. The molecule has 36 heavy (non-hydrogen) atoms. The monoisotopic (exact) mass is 485 g/mol. The number of rotatable bonds is 7. The first-order chi connectivity index (χ1) is 17.4. The van der Waals surface area contributed by atoms with Crippen LogP contribution in [0.5, 0.6) is 0 Å². The number of aromatic carboxylic acids is 1. The van der Waals surface area contributed by atoms with Gasteiger partial charge in [0.05, 0.1) is 5.69 Å². The van der Waals surface area contributed by atoms with Crippen LogP contribution in [0, 0.1) is 11.8 Å². The summed E-state index contributed by atoms with van der Waals surface area (Å²) in [6.07, 6.45) is 4.49. The lowest BCUT2D eigenvalue weighted by Crippen LogP contribution is -2.43. The molecule has 2 aliphatic rings. The number of hydrogen-bond donors (Lipinski definition) is 2. The molecular formula is C30H35N3O3. The standard InChI is InChI=1S/C30H35N3O3/c1-3-21-16-25(30(35)36)29(34)31-28(21)22-12-14-24(15-13-22)33-18-23-10-7-11-27(26(23)19-33)32(2)17-20-8-5-4-6-9-20/h4-6,8-9,12-16,23,26-27H,3,7,10-11,17-19H2,1-2H3,(H,31,34)(H,35,36)/t23-,26?,27-/m1/s1. The molecule has 1 aliphatic carbocycles. The van der Waals surface area contributed by atoms with Crippen LogP contribution in [0.3, 0.4) is 0 Å². The number of pyridine rings is 1. The molecule has 0 bridgehead atoms. The van der Waals surface area contributed by atoms with E-state index in [1.165, 1.54) is 36.6 Å². The number of nitrogens with zero attached hydrogens (tertiary/aromatic N) is 2. The Kier molecular flexibility index (Phi) is 6.97. The van der Waals surface area contributed by atoms with Crippen molar-refractivity contribution in [2.75, 3.05) is 25.0 Å². The largest absolute Gasteiger partial charge is 0.477 e. The molecule has 1 saturated carbocycles. The molecule has 0 radical (unpaired) electrons. The van der Waals surface area contributed by atoms with Crippen LogP contribution in [0.1, 0.15) is 47.7 Å². The highest BCUT2D eigenvalue weighted by Gasteiger charge is 2.41. The average Bonchev–Trinajstić information content (AvgIpc) is 3.33. The van der Waals surface area contributed by atoms with E-state index >= 15 is 0 Å². The van der Waals surface area contributed by atoms with Crippen LogP contribution in [-0.4, -0.2) is 47.1 Å². The number of aromatic amines is 1. The molecular weight excluding hydrogens is 450 g/mol. The molecule has 3 atom stereocenters. The molecule has 1 saturated heterocycles. The molecule has 2 aromatic carbocycles. The van der Waals surface area contributed by atoms with Crippen molar-refractivity contribution in [2.24, 2.45) is 11.8 Å². The van der Waals surface area contributed by atoms with Crippen molar-refractivity contribution < 1.29 is 9.90 Å². The zero-order valence-electron chi connectivity index (χ0n) is 21.1. The minimum absolute atomic E-state index is 0.210. The van der Waals surface area contributed by atoms with Crippen LogP contribution in [0.15, 0.2) is 65.5 Å². The molecule has 2 N–H and O–H groups in total. The van der Waals surface area contributed by atoms with Crippen molar-refractivity contribution in [1.29, 1.82) is 0 Å². The van der Waals surface area contributed by atoms with Crippen molar-refractivity contribution in [2.45, 2.75) is 45.2 Å². The van der Waals surface area contributed by atoms with Gasteiger partial charge >= 0.3 is 5.97 Å². The molecule has 5 rings (SSSR count). The van der Waals surface area contributed by atoms with Gasteiger partial charge in [-0.3, -0.25) is 9.69 Å².